The number of aryl methyl sites for hydroxylation is 1. The third-order valence-corrected chi connectivity index (χ3v) is 4.98. The van der Waals surface area contributed by atoms with Crippen molar-refractivity contribution < 1.29 is 14.3 Å². The fourth-order valence-electron chi connectivity index (χ4n) is 3.55. The quantitative estimate of drug-likeness (QED) is 0.761. The van der Waals surface area contributed by atoms with Gasteiger partial charge in [0.2, 0.25) is 11.8 Å². The molecule has 0 aliphatic carbocycles. The third-order valence-electron chi connectivity index (χ3n) is 4.98. The number of ether oxygens (including phenoxy) is 1. The Balaban J connectivity index is 1.74. The minimum absolute atomic E-state index is 0.0875. The Labute approximate surface area is 149 Å². The van der Waals surface area contributed by atoms with Gasteiger partial charge in [0.25, 0.3) is 0 Å². The third kappa shape index (κ3) is 3.85. The SMILES string of the molecule is Cc1ccc(CN2C(=O)C[C@@]23COCCN(C(=O)CN(C)C)C3)cc1. The van der Waals surface area contributed by atoms with Crippen molar-refractivity contribution in [3.63, 3.8) is 0 Å². The lowest BCUT2D eigenvalue weighted by atomic mass is 9.83. The summed E-state index contributed by atoms with van der Waals surface area (Å²) in [5.74, 6) is 0.218. The fourth-order valence-corrected chi connectivity index (χ4v) is 3.55. The average molecular weight is 345 g/mol. The Hall–Kier alpha value is -1.92. The largest absolute Gasteiger partial charge is 0.377 e. The number of likely N-dealkylation sites (N-methyl/N-ethyl adjacent to an activating group) is 1. The van der Waals surface area contributed by atoms with Gasteiger partial charge in [0.05, 0.1) is 31.7 Å². The fraction of sp³-hybridized carbons (Fsp3) is 0.579. The summed E-state index contributed by atoms with van der Waals surface area (Å²) in [6, 6.07) is 8.23. The molecule has 0 unspecified atom stereocenters. The predicted octanol–water partition coefficient (Wildman–Crippen LogP) is 0.887. The van der Waals surface area contributed by atoms with Crippen molar-refractivity contribution in [1.29, 1.82) is 0 Å². The molecule has 2 amide bonds. The van der Waals surface area contributed by atoms with Crippen molar-refractivity contribution in [3.05, 3.63) is 35.4 Å². The molecule has 1 aromatic carbocycles. The van der Waals surface area contributed by atoms with Gasteiger partial charge in [0.1, 0.15) is 0 Å². The molecule has 2 aliphatic rings. The predicted molar refractivity (Wildman–Crippen MR) is 95.0 cm³/mol. The number of hydrogen-bond acceptors (Lipinski definition) is 4. The monoisotopic (exact) mass is 345 g/mol. The van der Waals surface area contributed by atoms with Gasteiger partial charge in [-0.25, -0.2) is 0 Å². The summed E-state index contributed by atoms with van der Waals surface area (Å²) in [4.78, 5) is 30.4. The van der Waals surface area contributed by atoms with Crippen LogP contribution in [-0.2, 0) is 20.9 Å². The van der Waals surface area contributed by atoms with Gasteiger partial charge in [-0.1, -0.05) is 29.8 Å². The number of hydrogen-bond donors (Lipinski definition) is 0. The number of benzene rings is 1. The summed E-state index contributed by atoms with van der Waals surface area (Å²) in [5.41, 5.74) is 1.92. The van der Waals surface area contributed by atoms with E-state index in [4.69, 9.17) is 4.74 Å². The lowest BCUT2D eigenvalue weighted by molar-refractivity contribution is -0.166. The molecule has 3 rings (SSSR count). The Kier molecular flexibility index (Phi) is 5.11. The molecular formula is C19H27N3O3. The van der Waals surface area contributed by atoms with Crippen molar-refractivity contribution in [2.75, 3.05) is 46.9 Å². The maximum absolute atomic E-state index is 12.5. The highest BCUT2D eigenvalue weighted by Gasteiger charge is 2.53. The zero-order valence-corrected chi connectivity index (χ0v) is 15.3. The first-order valence-electron chi connectivity index (χ1n) is 8.76. The van der Waals surface area contributed by atoms with E-state index in [9.17, 15) is 9.59 Å². The molecule has 0 radical (unpaired) electrons. The Morgan fingerprint density at radius 3 is 2.64 bits per heavy atom. The van der Waals surface area contributed by atoms with Crippen LogP contribution in [0.4, 0.5) is 0 Å². The minimum atomic E-state index is -0.388. The number of carbonyl (C=O) groups is 2. The van der Waals surface area contributed by atoms with E-state index >= 15 is 0 Å². The average Bonchev–Trinajstić information content (AvgIpc) is 2.78. The van der Waals surface area contributed by atoms with E-state index in [-0.39, 0.29) is 17.4 Å². The van der Waals surface area contributed by atoms with Crippen LogP contribution in [0.15, 0.2) is 24.3 Å². The van der Waals surface area contributed by atoms with E-state index in [0.717, 1.165) is 5.56 Å². The molecule has 0 bridgehead atoms. The van der Waals surface area contributed by atoms with E-state index in [2.05, 4.69) is 24.3 Å². The molecule has 0 N–H and O–H groups in total. The molecule has 2 saturated heterocycles. The van der Waals surface area contributed by atoms with Crippen molar-refractivity contribution in [1.82, 2.24) is 14.7 Å². The molecule has 136 valence electrons. The smallest absolute Gasteiger partial charge is 0.236 e. The number of amides is 2. The molecular weight excluding hydrogens is 318 g/mol. The highest BCUT2D eigenvalue weighted by molar-refractivity contribution is 5.86. The highest BCUT2D eigenvalue weighted by atomic mass is 16.5. The summed E-state index contributed by atoms with van der Waals surface area (Å²) < 4.78 is 5.77. The molecule has 0 saturated carbocycles. The standard InChI is InChI=1S/C19H27N3O3/c1-15-4-6-16(7-5-15)11-22-17(23)10-19(22)13-21(8-9-25-14-19)18(24)12-20(2)3/h4-7H,8-14H2,1-3H3/t19-/m1/s1. The highest BCUT2D eigenvalue weighted by Crippen LogP contribution is 2.36. The number of carbonyl (C=O) groups excluding carboxylic acids is 2. The van der Waals surface area contributed by atoms with Gasteiger partial charge in [0, 0.05) is 19.6 Å². The summed E-state index contributed by atoms with van der Waals surface area (Å²) in [7, 11) is 3.77. The van der Waals surface area contributed by atoms with Gasteiger partial charge in [-0.05, 0) is 26.6 Å². The van der Waals surface area contributed by atoms with Crippen LogP contribution in [0, 0.1) is 6.92 Å². The number of nitrogens with zero attached hydrogens (tertiary/aromatic N) is 3. The zero-order valence-electron chi connectivity index (χ0n) is 15.3. The second kappa shape index (κ2) is 7.14. The Bertz CT molecular complexity index is 644. The van der Waals surface area contributed by atoms with E-state index in [1.54, 1.807) is 0 Å². The second-order valence-electron chi connectivity index (χ2n) is 7.47. The first kappa shape index (κ1) is 17.9. The van der Waals surface area contributed by atoms with Gasteiger partial charge in [-0.3, -0.25) is 9.59 Å². The molecule has 25 heavy (non-hydrogen) atoms. The van der Waals surface area contributed by atoms with E-state index in [1.165, 1.54) is 5.56 Å². The minimum Gasteiger partial charge on any atom is -0.377 e. The molecule has 1 atom stereocenters. The number of β-lactam (4-membered cyclic amide) rings is 1. The molecule has 6 heteroatoms. The van der Waals surface area contributed by atoms with Gasteiger partial charge < -0.3 is 19.4 Å². The maximum Gasteiger partial charge on any atom is 0.236 e. The summed E-state index contributed by atoms with van der Waals surface area (Å²) in [6.45, 7) is 5.15. The van der Waals surface area contributed by atoms with Crippen LogP contribution in [0.2, 0.25) is 0 Å². The first-order valence-corrected chi connectivity index (χ1v) is 8.76. The lowest BCUT2D eigenvalue weighted by Crippen LogP contribution is -2.69. The normalized spacial score (nSPS) is 23.8. The molecule has 1 aromatic rings. The molecule has 2 heterocycles. The molecule has 2 fully saturated rings. The molecule has 6 nitrogen and oxygen atoms in total. The van der Waals surface area contributed by atoms with Crippen LogP contribution in [0.1, 0.15) is 17.5 Å². The lowest BCUT2D eigenvalue weighted by Gasteiger charge is -2.52. The van der Waals surface area contributed by atoms with Crippen LogP contribution >= 0.6 is 0 Å². The number of likely N-dealkylation sites (tertiary alicyclic amines) is 1. The van der Waals surface area contributed by atoms with Crippen molar-refractivity contribution in [2.24, 2.45) is 0 Å². The Morgan fingerprint density at radius 1 is 1.28 bits per heavy atom. The van der Waals surface area contributed by atoms with Crippen LogP contribution in [-0.4, -0.2) is 79.0 Å². The van der Waals surface area contributed by atoms with Gasteiger partial charge in [-0.15, -0.1) is 0 Å². The summed E-state index contributed by atoms with van der Waals surface area (Å²) in [6.07, 6.45) is 0.449. The van der Waals surface area contributed by atoms with Crippen LogP contribution in [0.5, 0.6) is 0 Å². The maximum atomic E-state index is 12.5. The van der Waals surface area contributed by atoms with Crippen molar-refractivity contribution in [3.8, 4) is 0 Å². The summed E-state index contributed by atoms with van der Waals surface area (Å²) >= 11 is 0. The van der Waals surface area contributed by atoms with Gasteiger partial charge >= 0.3 is 0 Å². The van der Waals surface area contributed by atoms with Crippen LogP contribution in [0.3, 0.4) is 0 Å². The van der Waals surface area contributed by atoms with Gasteiger partial charge in [-0.2, -0.15) is 0 Å². The first-order chi connectivity index (χ1) is 11.9. The van der Waals surface area contributed by atoms with Gasteiger partial charge in [0.15, 0.2) is 0 Å². The molecule has 1 spiro atoms. The zero-order chi connectivity index (χ0) is 18.0. The number of rotatable bonds is 4. The van der Waals surface area contributed by atoms with E-state index in [1.807, 2.05) is 35.7 Å². The molecule has 0 aromatic heterocycles. The Morgan fingerprint density at radius 2 is 2.00 bits per heavy atom. The van der Waals surface area contributed by atoms with E-state index < -0.39 is 0 Å². The van der Waals surface area contributed by atoms with Crippen molar-refractivity contribution >= 4 is 11.8 Å². The van der Waals surface area contributed by atoms with Crippen LogP contribution in [0.25, 0.3) is 0 Å². The summed E-state index contributed by atoms with van der Waals surface area (Å²) in [5, 5.41) is 0. The molecule has 2 aliphatic heterocycles. The topological polar surface area (TPSA) is 53.1 Å². The van der Waals surface area contributed by atoms with E-state index in [0.29, 0.717) is 45.8 Å². The van der Waals surface area contributed by atoms with Crippen LogP contribution < -0.4 is 0 Å². The van der Waals surface area contributed by atoms with Crippen molar-refractivity contribution in [2.45, 2.75) is 25.4 Å². The second-order valence-corrected chi connectivity index (χ2v) is 7.47.